The second kappa shape index (κ2) is 7.95. The van der Waals surface area contributed by atoms with Crippen molar-refractivity contribution in [1.82, 2.24) is 15.2 Å². The lowest BCUT2D eigenvalue weighted by Gasteiger charge is -2.32. The van der Waals surface area contributed by atoms with Gasteiger partial charge in [-0.25, -0.2) is 4.98 Å². The van der Waals surface area contributed by atoms with Crippen LogP contribution in [-0.4, -0.2) is 53.9 Å². The fourth-order valence-electron chi connectivity index (χ4n) is 2.75. The van der Waals surface area contributed by atoms with E-state index < -0.39 is 17.3 Å². The van der Waals surface area contributed by atoms with Crippen LogP contribution in [0, 0.1) is 5.41 Å². The standard InChI is InChI=1S/C17H25N3O4S/c1-11-7-5-6-8-20(11)15(22)12-9-25-14(19-12)13(21)18-10-17(2,3)16(23)24-4/h9,11H,5-8,10H2,1-4H3,(H,18,21)/t11-/m0/s1. The van der Waals surface area contributed by atoms with E-state index in [4.69, 9.17) is 4.74 Å². The highest BCUT2D eigenvalue weighted by Crippen LogP contribution is 2.21. The number of hydrogen-bond donors (Lipinski definition) is 1. The number of hydrogen-bond acceptors (Lipinski definition) is 6. The minimum atomic E-state index is -0.830. The van der Waals surface area contributed by atoms with Crippen molar-refractivity contribution in [2.45, 2.75) is 46.1 Å². The average Bonchev–Trinajstić information content (AvgIpc) is 3.09. The van der Waals surface area contributed by atoms with Crippen molar-refractivity contribution >= 4 is 29.1 Å². The van der Waals surface area contributed by atoms with E-state index in [0.717, 1.165) is 37.1 Å². The van der Waals surface area contributed by atoms with Crippen molar-refractivity contribution in [2.24, 2.45) is 5.41 Å². The van der Waals surface area contributed by atoms with E-state index in [1.165, 1.54) is 7.11 Å². The Kier molecular flexibility index (Phi) is 6.16. The molecule has 25 heavy (non-hydrogen) atoms. The smallest absolute Gasteiger partial charge is 0.313 e. The molecule has 138 valence electrons. The number of carbonyl (C=O) groups is 3. The minimum Gasteiger partial charge on any atom is -0.469 e. The van der Waals surface area contributed by atoms with Crippen LogP contribution in [0.1, 0.15) is 60.3 Å². The zero-order valence-electron chi connectivity index (χ0n) is 15.1. The van der Waals surface area contributed by atoms with Crippen LogP contribution in [0.2, 0.25) is 0 Å². The van der Waals surface area contributed by atoms with E-state index in [9.17, 15) is 14.4 Å². The molecule has 2 amide bonds. The summed E-state index contributed by atoms with van der Waals surface area (Å²) in [5, 5.41) is 4.51. The quantitative estimate of drug-likeness (QED) is 0.805. The summed E-state index contributed by atoms with van der Waals surface area (Å²) in [5.74, 6) is -0.924. The number of rotatable bonds is 5. The zero-order chi connectivity index (χ0) is 18.6. The molecule has 0 aliphatic carbocycles. The van der Waals surface area contributed by atoms with Crippen molar-refractivity contribution in [2.75, 3.05) is 20.2 Å². The van der Waals surface area contributed by atoms with Gasteiger partial charge in [-0.1, -0.05) is 0 Å². The molecule has 8 heteroatoms. The maximum absolute atomic E-state index is 12.6. The lowest BCUT2D eigenvalue weighted by molar-refractivity contribution is -0.150. The number of aromatic nitrogens is 1. The molecule has 0 bridgehead atoms. The highest BCUT2D eigenvalue weighted by atomic mass is 32.1. The molecule has 0 saturated carbocycles. The Morgan fingerprint density at radius 1 is 1.40 bits per heavy atom. The molecule has 1 aromatic rings. The van der Waals surface area contributed by atoms with Crippen molar-refractivity contribution in [3.8, 4) is 0 Å². The summed E-state index contributed by atoms with van der Waals surface area (Å²) in [6.07, 6.45) is 3.12. The summed E-state index contributed by atoms with van der Waals surface area (Å²) >= 11 is 1.13. The van der Waals surface area contributed by atoms with Crippen molar-refractivity contribution in [3.05, 3.63) is 16.1 Å². The summed E-state index contributed by atoms with van der Waals surface area (Å²) in [6.45, 7) is 6.27. The summed E-state index contributed by atoms with van der Waals surface area (Å²) in [6, 6.07) is 0.195. The Hall–Kier alpha value is -1.96. The number of thiazole rings is 1. The van der Waals surface area contributed by atoms with Crippen LogP contribution in [-0.2, 0) is 9.53 Å². The largest absolute Gasteiger partial charge is 0.469 e. The van der Waals surface area contributed by atoms with Gasteiger partial charge >= 0.3 is 5.97 Å². The van der Waals surface area contributed by atoms with Gasteiger partial charge in [0.25, 0.3) is 11.8 Å². The van der Waals surface area contributed by atoms with Crippen LogP contribution in [0.3, 0.4) is 0 Å². The molecule has 0 radical (unpaired) electrons. The number of amides is 2. The third kappa shape index (κ3) is 4.56. The van der Waals surface area contributed by atoms with Crippen molar-refractivity contribution in [3.63, 3.8) is 0 Å². The van der Waals surface area contributed by atoms with Gasteiger partial charge < -0.3 is 15.0 Å². The number of nitrogens with zero attached hydrogens (tertiary/aromatic N) is 2. The van der Waals surface area contributed by atoms with E-state index in [-0.39, 0.29) is 23.5 Å². The Morgan fingerprint density at radius 2 is 2.12 bits per heavy atom. The number of esters is 1. The maximum atomic E-state index is 12.6. The number of ether oxygens (including phenoxy) is 1. The number of methoxy groups -OCH3 is 1. The Bertz CT molecular complexity index is 656. The summed E-state index contributed by atoms with van der Waals surface area (Å²) < 4.78 is 4.71. The molecule has 1 aliphatic rings. The molecule has 1 N–H and O–H groups in total. The van der Waals surface area contributed by atoms with Crippen LogP contribution < -0.4 is 5.32 Å². The van der Waals surface area contributed by atoms with Gasteiger partial charge in [0.1, 0.15) is 5.69 Å². The number of likely N-dealkylation sites (tertiary alicyclic amines) is 1. The molecule has 0 unspecified atom stereocenters. The second-order valence-electron chi connectivity index (χ2n) is 6.94. The van der Waals surface area contributed by atoms with E-state index in [2.05, 4.69) is 10.3 Å². The predicted octanol–water partition coefficient (Wildman–Crippen LogP) is 2.09. The average molecular weight is 367 g/mol. The molecule has 1 fully saturated rings. The van der Waals surface area contributed by atoms with Crippen molar-refractivity contribution in [1.29, 1.82) is 0 Å². The second-order valence-corrected chi connectivity index (χ2v) is 7.80. The van der Waals surface area contributed by atoms with E-state index in [1.807, 2.05) is 11.8 Å². The SMILES string of the molecule is COC(=O)C(C)(C)CNC(=O)c1nc(C(=O)N2CCCC[C@@H]2C)cs1. The molecule has 1 atom stereocenters. The van der Waals surface area contributed by atoms with E-state index in [1.54, 1.807) is 19.2 Å². The molecule has 2 heterocycles. The van der Waals surface area contributed by atoms with Gasteiger partial charge in [-0.2, -0.15) is 0 Å². The van der Waals surface area contributed by atoms with Gasteiger partial charge in [-0.3, -0.25) is 14.4 Å². The minimum absolute atomic E-state index is 0.127. The molecular formula is C17H25N3O4S. The molecule has 0 aromatic carbocycles. The first-order chi connectivity index (χ1) is 11.8. The van der Waals surface area contributed by atoms with Gasteiger partial charge in [0, 0.05) is 24.5 Å². The monoisotopic (exact) mass is 367 g/mol. The van der Waals surface area contributed by atoms with Gasteiger partial charge in [-0.05, 0) is 40.0 Å². The van der Waals surface area contributed by atoms with Crippen LogP contribution in [0.25, 0.3) is 0 Å². The number of piperidine rings is 1. The summed E-state index contributed by atoms with van der Waals surface area (Å²) in [5.41, 5.74) is -0.528. The normalized spacial score (nSPS) is 17.9. The Morgan fingerprint density at radius 3 is 2.76 bits per heavy atom. The van der Waals surface area contributed by atoms with Crippen LogP contribution in [0.4, 0.5) is 0 Å². The van der Waals surface area contributed by atoms with Gasteiger partial charge in [0.2, 0.25) is 0 Å². The molecule has 1 aliphatic heterocycles. The third-order valence-corrected chi connectivity index (χ3v) is 5.25. The fourth-order valence-corrected chi connectivity index (χ4v) is 3.46. The molecular weight excluding hydrogens is 342 g/mol. The first-order valence-corrected chi connectivity index (χ1v) is 9.27. The highest BCUT2D eigenvalue weighted by molar-refractivity contribution is 7.11. The molecule has 2 rings (SSSR count). The fraction of sp³-hybridized carbons (Fsp3) is 0.647. The third-order valence-electron chi connectivity index (χ3n) is 4.41. The van der Waals surface area contributed by atoms with E-state index >= 15 is 0 Å². The number of carbonyl (C=O) groups excluding carboxylic acids is 3. The van der Waals surface area contributed by atoms with Crippen LogP contribution >= 0.6 is 11.3 Å². The van der Waals surface area contributed by atoms with Crippen molar-refractivity contribution < 1.29 is 19.1 Å². The Labute approximate surface area is 151 Å². The van der Waals surface area contributed by atoms with Gasteiger partial charge in [0.15, 0.2) is 5.01 Å². The highest BCUT2D eigenvalue weighted by Gasteiger charge is 2.30. The van der Waals surface area contributed by atoms with E-state index in [0.29, 0.717) is 5.69 Å². The topological polar surface area (TPSA) is 88.6 Å². The molecule has 1 aromatic heterocycles. The zero-order valence-corrected chi connectivity index (χ0v) is 15.9. The summed E-state index contributed by atoms with van der Waals surface area (Å²) in [4.78, 5) is 42.5. The lowest BCUT2D eigenvalue weighted by atomic mass is 9.94. The summed E-state index contributed by atoms with van der Waals surface area (Å²) in [7, 11) is 1.31. The molecule has 0 spiro atoms. The number of nitrogens with one attached hydrogen (secondary N) is 1. The Balaban J connectivity index is 1.99. The first-order valence-electron chi connectivity index (χ1n) is 8.39. The van der Waals surface area contributed by atoms with Gasteiger partial charge in [0.05, 0.1) is 12.5 Å². The first kappa shape index (κ1) is 19.4. The lowest BCUT2D eigenvalue weighted by Crippen LogP contribution is -2.42. The van der Waals surface area contributed by atoms with Crippen LogP contribution in [0.5, 0.6) is 0 Å². The van der Waals surface area contributed by atoms with Gasteiger partial charge in [-0.15, -0.1) is 11.3 Å². The molecule has 7 nitrogen and oxygen atoms in total. The molecule has 1 saturated heterocycles. The maximum Gasteiger partial charge on any atom is 0.313 e. The van der Waals surface area contributed by atoms with Crippen LogP contribution in [0.15, 0.2) is 5.38 Å². The predicted molar refractivity (Wildman–Crippen MR) is 94.6 cm³/mol.